The van der Waals surface area contributed by atoms with Crippen LogP contribution in [0.3, 0.4) is 0 Å². The van der Waals surface area contributed by atoms with Gasteiger partial charge in [0, 0.05) is 28.7 Å². The Balaban J connectivity index is 1.54. The number of aromatic nitrogens is 3. The van der Waals surface area contributed by atoms with Gasteiger partial charge < -0.3 is 25.9 Å². The zero-order chi connectivity index (χ0) is 27.5. The number of nitrogens with two attached hydrogens (primary N) is 1. The summed E-state index contributed by atoms with van der Waals surface area (Å²) < 4.78 is 19.6. The summed E-state index contributed by atoms with van der Waals surface area (Å²) in [7, 11) is 0. The number of rotatable bonds is 9. The van der Waals surface area contributed by atoms with Gasteiger partial charge in [0.25, 0.3) is 0 Å². The van der Waals surface area contributed by atoms with E-state index in [1.807, 2.05) is 30.3 Å². The minimum atomic E-state index is -0.991. The van der Waals surface area contributed by atoms with Crippen molar-refractivity contribution in [2.24, 2.45) is 5.73 Å². The third-order valence-corrected chi connectivity index (χ3v) is 6.58. The summed E-state index contributed by atoms with van der Waals surface area (Å²) in [6.45, 7) is 2.82. The summed E-state index contributed by atoms with van der Waals surface area (Å²) >= 11 is 6.10. The number of carbonyl (C=O) groups is 1. The van der Waals surface area contributed by atoms with Crippen molar-refractivity contribution in [3.63, 3.8) is 0 Å². The van der Waals surface area contributed by atoms with Crippen molar-refractivity contribution in [1.29, 1.82) is 0 Å². The highest BCUT2D eigenvalue weighted by Crippen LogP contribution is 2.34. The van der Waals surface area contributed by atoms with Crippen LogP contribution in [0.1, 0.15) is 21.7 Å². The fraction of sp³-hybridized carbons (Fsp3) is 0.138. The number of nitrogens with zero attached hydrogens (tertiary/aromatic N) is 2. The van der Waals surface area contributed by atoms with E-state index < -0.39 is 11.8 Å². The van der Waals surface area contributed by atoms with Gasteiger partial charge in [-0.2, -0.15) is 0 Å². The summed E-state index contributed by atoms with van der Waals surface area (Å²) in [5.74, 6) is -0.299. The second-order valence-electron chi connectivity index (χ2n) is 8.89. The van der Waals surface area contributed by atoms with Gasteiger partial charge in [-0.15, -0.1) is 0 Å². The van der Waals surface area contributed by atoms with Gasteiger partial charge in [-0.25, -0.2) is 14.2 Å². The molecule has 0 unspecified atom stereocenters. The maximum Gasteiger partial charge on any atom is 0.336 e. The highest BCUT2D eigenvalue weighted by Gasteiger charge is 2.17. The molecule has 0 bridgehead atoms. The van der Waals surface area contributed by atoms with Gasteiger partial charge in [0.2, 0.25) is 0 Å². The van der Waals surface area contributed by atoms with Crippen molar-refractivity contribution in [1.82, 2.24) is 15.0 Å². The molecule has 3 aromatic carbocycles. The second kappa shape index (κ2) is 11.1. The number of ether oxygens (including phenoxy) is 1. The van der Waals surface area contributed by atoms with Crippen LogP contribution in [0.4, 0.5) is 10.1 Å². The standard InChI is InChI=1S/C29H25ClFN5O3/c1-16-21(29(37)38)3-2-4-24(16)34-15-26-35-27(28(36-26)18-5-7-23(31)22(30)13-18)17-6-8-25-19(11-17)12-20(14-33-25)39-10-9-32/h2-8,11-14,34H,9-10,15,32H2,1H3,(H,35,36)(H,37,38). The Labute approximate surface area is 228 Å². The number of hydrogen-bond acceptors (Lipinski definition) is 6. The summed E-state index contributed by atoms with van der Waals surface area (Å²) in [5.41, 5.74) is 10.6. The van der Waals surface area contributed by atoms with E-state index in [-0.39, 0.29) is 17.1 Å². The molecule has 10 heteroatoms. The Hall–Kier alpha value is -4.47. The van der Waals surface area contributed by atoms with Crippen LogP contribution in [0.5, 0.6) is 5.75 Å². The molecule has 0 atom stereocenters. The van der Waals surface area contributed by atoms with Crippen LogP contribution < -0.4 is 15.8 Å². The minimum absolute atomic E-state index is 0.00774. The van der Waals surface area contributed by atoms with Crippen molar-refractivity contribution in [3.8, 4) is 28.3 Å². The smallest absolute Gasteiger partial charge is 0.336 e. The van der Waals surface area contributed by atoms with E-state index in [1.165, 1.54) is 12.1 Å². The molecule has 0 aliphatic heterocycles. The highest BCUT2D eigenvalue weighted by molar-refractivity contribution is 6.31. The maximum atomic E-state index is 13.9. The Morgan fingerprint density at radius 2 is 1.97 bits per heavy atom. The van der Waals surface area contributed by atoms with Gasteiger partial charge in [-0.1, -0.05) is 23.7 Å². The van der Waals surface area contributed by atoms with Crippen LogP contribution in [0, 0.1) is 12.7 Å². The predicted octanol–water partition coefficient (Wildman–Crippen LogP) is 6.04. The van der Waals surface area contributed by atoms with Gasteiger partial charge >= 0.3 is 5.97 Å². The minimum Gasteiger partial charge on any atom is -0.491 e. The third kappa shape index (κ3) is 5.55. The number of pyridine rings is 1. The number of halogens is 2. The summed E-state index contributed by atoms with van der Waals surface area (Å²) in [6, 6.07) is 17.2. The predicted molar refractivity (Wildman–Crippen MR) is 150 cm³/mol. The molecule has 0 spiro atoms. The van der Waals surface area contributed by atoms with Crippen LogP contribution in [-0.4, -0.2) is 39.2 Å². The monoisotopic (exact) mass is 545 g/mol. The van der Waals surface area contributed by atoms with Crippen LogP contribution in [-0.2, 0) is 6.54 Å². The first kappa shape index (κ1) is 26.1. The molecule has 5 aromatic rings. The zero-order valence-electron chi connectivity index (χ0n) is 21.0. The largest absolute Gasteiger partial charge is 0.491 e. The fourth-order valence-electron chi connectivity index (χ4n) is 4.33. The van der Waals surface area contributed by atoms with Gasteiger partial charge in [-0.05, 0) is 61.0 Å². The lowest BCUT2D eigenvalue weighted by molar-refractivity contribution is 0.0696. The Morgan fingerprint density at radius 3 is 2.74 bits per heavy atom. The molecular weight excluding hydrogens is 521 g/mol. The number of carboxylic acids is 1. The highest BCUT2D eigenvalue weighted by atomic mass is 35.5. The average Bonchev–Trinajstić information content (AvgIpc) is 3.36. The molecule has 39 heavy (non-hydrogen) atoms. The number of H-pyrrole nitrogens is 1. The van der Waals surface area contributed by atoms with E-state index in [1.54, 1.807) is 31.3 Å². The maximum absolute atomic E-state index is 13.9. The second-order valence-corrected chi connectivity index (χ2v) is 9.30. The normalized spacial score (nSPS) is 11.1. The number of anilines is 1. The Bertz CT molecular complexity index is 1690. The number of nitrogens with one attached hydrogen (secondary N) is 2. The van der Waals surface area contributed by atoms with Crippen molar-refractivity contribution < 1.29 is 19.0 Å². The van der Waals surface area contributed by atoms with Gasteiger partial charge in [0.15, 0.2) is 0 Å². The number of carboxylic acid groups (broad SMARTS) is 1. The summed E-state index contributed by atoms with van der Waals surface area (Å²) in [6.07, 6.45) is 1.66. The van der Waals surface area contributed by atoms with Gasteiger partial charge in [-0.3, -0.25) is 4.98 Å². The first-order chi connectivity index (χ1) is 18.8. The lowest BCUT2D eigenvalue weighted by atomic mass is 10.0. The molecule has 0 radical (unpaired) electrons. The van der Waals surface area contributed by atoms with Crippen molar-refractivity contribution in [2.45, 2.75) is 13.5 Å². The number of aromatic carboxylic acids is 1. The van der Waals surface area contributed by atoms with Crippen molar-refractivity contribution in [2.75, 3.05) is 18.5 Å². The fourth-order valence-corrected chi connectivity index (χ4v) is 4.51. The van der Waals surface area contributed by atoms with E-state index >= 15 is 0 Å². The number of hydrogen-bond donors (Lipinski definition) is 4. The number of fused-ring (bicyclic) bond motifs is 1. The average molecular weight is 546 g/mol. The summed E-state index contributed by atoms with van der Waals surface area (Å²) in [4.78, 5) is 24.2. The van der Waals surface area contributed by atoms with Crippen molar-refractivity contribution >= 4 is 34.2 Å². The molecule has 5 rings (SSSR count). The van der Waals surface area contributed by atoms with E-state index in [9.17, 15) is 14.3 Å². The first-order valence-corrected chi connectivity index (χ1v) is 12.6. The first-order valence-electron chi connectivity index (χ1n) is 12.2. The molecule has 0 fully saturated rings. The lowest BCUT2D eigenvalue weighted by Crippen LogP contribution is -2.10. The van der Waals surface area contributed by atoms with E-state index in [2.05, 4.69) is 15.3 Å². The topological polar surface area (TPSA) is 126 Å². The van der Waals surface area contributed by atoms with Crippen LogP contribution in [0.25, 0.3) is 33.4 Å². The third-order valence-electron chi connectivity index (χ3n) is 6.29. The molecule has 5 N–H and O–H groups in total. The number of aromatic amines is 1. The quantitative estimate of drug-likeness (QED) is 0.178. The zero-order valence-corrected chi connectivity index (χ0v) is 21.7. The summed E-state index contributed by atoms with van der Waals surface area (Å²) in [5, 5.41) is 13.6. The lowest BCUT2D eigenvalue weighted by Gasteiger charge is -2.10. The molecule has 8 nitrogen and oxygen atoms in total. The number of benzene rings is 3. The Kier molecular flexibility index (Phi) is 7.44. The molecule has 0 aliphatic rings. The number of imidazole rings is 1. The molecular formula is C29H25ClFN5O3. The molecule has 0 aliphatic carbocycles. The SMILES string of the molecule is Cc1c(NCc2nc(-c3ccc(F)c(Cl)c3)c(-c3ccc4ncc(OCCN)cc4c3)[nH]2)cccc1C(=O)O. The van der Waals surface area contributed by atoms with Gasteiger partial charge in [0.05, 0.1) is 40.2 Å². The van der Waals surface area contributed by atoms with Crippen molar-refractivity contribution in [3.05, 3.63) is 94.7 Å². The molecule has 0 saturated carbocycles. The molecule has 2 aromatic heterocycles. The van der Waals surface area contributed by atoms with Gasteiger partial charge in [0.1, 0.15) is 24.0 Å². The van der Waals surface area contributed by atoms with E-state index in [4.69, 9.17) is 27.1 Å². The van der Waals surface area contributed by atoms with E-state index in [0.29, 0.717) is 52.9 Å². The van der Waals surface area contributed by atoms with E-state index in [0.717, 1.165) is 16.5 Å². The molecule has 0 amide bonds. The Morgan fingerprint density at radius 1 is 1.15 bits per heavy atom. The van der Waals surface area contributed by atoms with Crippen LogP contribution >= 0.6 is 11.6 Å². The molecule has 0 saturated heterocycles. The van der Waals surface area contributed by atoms with Crippen LogP contribution in [0.15, 0.2) is 66.9 Å². The molecule has 198 valence electrons. The van der Waals surface area contributed by atoms with Crippen LogP contribution in [0.2, 0.25) is 5.02 Å². The molecule has 2 heterocycles.